The molecule has 0 atom stereocenters. The van der Waals surface area contributed by atoms with Gasteiger partial charge >= 0.3 is 5.76 Å². The van der Waals surface area contributed by atoms with Gasteiger partial charge in [0.15, 0.2) is 5.58 Å². The second-order valence-corrected chi connectivity index (χ2v) is 6.61. The molecule has 134 valence electrons. The maximum Gasteiger partial charge on any atom is 0.420 e. The minimum Gasteiger partial charge on any atom is -0.408 e. The molecule has 2 heterocycles. The highest BCUT2D eigenvalue weighted by Gasteiger charge is 2.20. The number of oxazole rings is 1. The van der Waals surface area contributed by atoms with Gasteiger partial charge in [0.25, 0.3) is 5.91 Å². The van der Waals surface area contributed by atoms with Gasteiger partial charge in [-0.15, -0.1) is 0 Å². The van der Waals surface area contributed by atoms with E-state index in [-0.39, 0.29) is 5.91 Å². The van der Waals surface area contributed by atoms with Crippen LogP contribution in [0.1, 0.15) is 21.5 Å². The van der Waals surface area contributed by atoms with Gasteiger partial charge in [-0.1, -0.05) is 24.3 Å². The lowest BCUT2D eigenvalue weighted by Crippen LogP contribution is -2.46. The quantitative estimate of drug-likeness (QED) is 0.784. The number of aryl methyl sites for hydroxylation is 1. The van der Waals surface area contributed by atoms with E-state index in [9.17, 15) is 9.59 Å². The number of nitrogens with one attached hydrogen (secondary N) is 1. The number of nitrogens with zero attached hydrogens (tertiary/aromatic N) is 2. The average Bonchev–Trinajstić information content (AvgIpc) is 2.98. The molecule has 3 aromatic rings. The van der Waals surface area contributed by atoms with Crippen molar-refractivity contribution in [1.29, 1.82) is 0 Å². The summed E-state index contributed by atoms with van der Waals surface area (Å²) in [5.41, 5.74) is 3.90. The zero-order valence-corrected chi connectivity index (χ0v) is 14.7. The zero-order chi connectivity index (χ0) is 18.1. The average molecular weight is 351 g/mol. The Kier molecular flexibility index (Phi) is 4.34. The molecular weight excluding hydrogens is 330 g/mol. The first kappa shape index (κ1) is 16.6. The highest BCUT2D eigenvalue weighted by atomic mass is 16.4. The first-order valence-corrected chi connectivity index (χ1v) is 8.81. The number of rotatable bonds is 3. The van der Waals surface area contributed by atoms with Crippen molar-refractivity contribution in [3.63, 3.8) is 0 Å². The summed E-state index contributed by atoms with van der Waals surface area (Å²) in [4.78, 5) is 26.9. The summed E-state index contributed by atoms with van der Waals surface area (Å²) in [5, 5.41) is 3.24. The van der Waals surface area contributed by atoms with E-state index in [1.54, 1.807) is 22.8 Å². The van der Waals surface area contributed by atoms with Crippen molar-refractivity contribution in [1.82, 2.24) is 14.8 Å². The number of piperazine rings is 1. The summed E-state index contributed by atoms with van der Waals surface area (Å²) in [7, 11) is 0. The smallest absolute Gasteiger partial charge is 0.408 e. The lowest BCUT2D eigenvalue weighted by atomic mass is 10.1. The predicted octanol–water partition coefficient (Wildman–Crippen LogP) is 2.00. The lowest BCUT2D eigenvalue weighted by molar-refractivity contribution is 0.0736. The molecule has 6 nitrogen and oxygen atoms in total. The van der Waals surface area contributed by atoms with E-state index < -0.39 is 5.76 Å². The molecule has 6 heteroatoms. The van der Waals surface area contributed by atoms with E-state index in [0.717, 1.165) is 24.2 Å². The maximum atomic E-state index is 12.8. The fourth-order valence-electron chi connectivity index (χ4n) is 3.35. The van der Waals surface area contributed by atoms with Crippen LogP contribution in [-0.4, -0.2) is 41.6 Å². The Morgan fingerprint density at radius 3 is 2.69 bits per heavy atom. The summed E-state index contributed by atoms with van der Waals surface area (Å²) in [6.07, 6.45) is 0. The Bertz CT molecular complexity index is 1010. The van der Waals surface area contributed by atoms with Crippen molar-refractivity contribution >= 4 is 17.0 Å². The molecule has 0 radical (unpaired) electrons. The first-order chi connectivity index (χ1) is 12.6. The fraction of sp³-hybridized carbons (Fsp3) is 0.300. The molecule has 1 N–H and O–H groups in total. The van der Waals surface area contributed by atoms with Gasteiger partial charge in [0, 0.05) is 31.7 Å². The molecule has 1 fully saturated rings. The van der Waals surface area contributed by atoms with Gasteiger partial charge in [-0.05, 0) is 36.2 Å². The number of hydrogen-bond acceptors (Lipinski definition) is 4. The molecule has 26 heavy (non-hydrogen) atoms. The van der Waals surface area contributed by atoms with Gasteiger partial charge < -0.3 is 14.6 Å². The second kappa shape index (κ2) is 6.80. The molecule has 0 bridgehead atoms. The lowest BCUT2D eigenvalue weighted by Gasteiger charge is -2.27. The van der Waals surface area contributed by atoms with Crippen LogP contribution < -0.4 is 11.1 Å². The van der Waals surface area contributed by atoms with E-state index in [1.807, 2.05) is 36.1 Å². The molecular formula is C20H21N3O3. The van der Waals surface area contributed by atoms with Gasteiger partial charge in [-0.2, -0.15) is 0 Å². The van der Waals surface area contributed by atoms with Crippen LogP contribution in [-0.2, 0) is 6.54 Å². The van der Waals surface area contributed by atoms with Gasteiger partial charge in [-0.3, -0.25) is 9.36 Å². The molecule has 0 unspecified atom stereocenters. The van der Waals surface area contributed by atoms with Crippen LogP contribution in [0.2, 0.25) is 0 Å². The number of hydrogen-bond donors (Lipinski definition) is 1. The summed E-state index contributed by atoms with van der Waals surface area (Å²) in [5.74, 6) is -0.417. The number of aromatic nitrogens is 1. The first-order valence-electron chi connectivity index (χ1n) is 8.81. The maximum absolute atomic E-state index is 12.8. The fourth-order valence-corrected chi connectivity index (χ4v) is 3.35. The Hall–Kier alpha value is -2.86. The van der Waals surface area contributed by atoms with E-state index in [0.29, 0.717) is 36.3 Å². The molecule has 1 amide bonds. The molecule has 0 saturated carbocycles. The van der Waals surface area contributed by atoms with Gasteiger partial charge in [0.05, 0.1) is 12.1 Å². The van der Waals surface area contributed by atoms with E-state index in [4.69, 9.17) is 4.42 Å². The monoisotopic (exact) mass is 351 g/mol. The van der Waals surface area contributed by atoms with Crippen LogP contribution in [0.5, 0.6) is 0 Å². The third-order valence-electron chi connectivity index (χ3n) is 4.91. The van der Waals surface area contributed by atoms with Crippen molar-refractivity contribution in [3.05, 3.63) is 69.7 Å². The Balaban J connectivity index is 1.72. The molecule has 1 aromatic heterocycles. The molecule has 0 spiro atoms. The van der Waals surface area contributed by atoms with Crippen molar-refractivity contribution in [3.8, 4) is 0 Å². The normalized spacial score (nSPS) is 14.7. The van der Waals surface area contributed by atoms with Crippen LogP contribution in [0.25, 0.3) is 11.1 Å². The molecule has 0 aliphatic carbocycles. The summed E-state index contributed by atoms with van der Waals surface area (Å²) in [6, 6.07) is 13.1. The second-order valence-electron chi connectivity index (χ2n) is 6.61. The van der Waals surface area contributed by atoms with Crippen LogP contribution in [0.3, 0.4) is 0 Å². The van der Waals surface area contributed by atoms with Crippen molar-refractivity contribution in [2.45, 2.75) is 13.5 Å². The summed E-state index contributed by atoms with van der Waals surface area (Å²) < 4.78 is 6.95. The van der Waals surface area contributed by atoms with E-state index in [2.05, 4.69) is 5.32 Å². The summed E-state index contributed by atoms with van der Waals surface area (Å²) >= 11 is 0. The number of amides is 1. The van der Waals surface area contributed by atoms with Crippen molar-refractivity contribution in [2.24, 2.45) is 0 Å². The largest absolute Gasteiger partial charge is 0.420 e. The zero-order valence-electron chi connectivity index (χ0n) is 14.7. The SMILES string of the molecule is Cc1ccccc1Cn1c(=O)oc2ccc(C(=O)N3CCNCC3)cc21. The van der Waals surface area contributed by atoms with Gasteiger partial charge in [-0.25, -0.2) is 4.79 Å². The number of fused-ring (bicyclic) bond motifs is 1. The highest BCUT2D eigenvalue weighted by Crippen LogP contribution is 2.19. The summed E-state index contributed by atoms with van der Waals surface area (Å²) in [6.45, 7) is 5.43. The number of benzene rings is 2. The third kappa shape index (κ3) is 3.04. The Labute approximate surface area is 151 Å². The highest BCUT2D eigenvalue weighted by molar-refractivity contribution is 5.97. The standard InChI is InChI=1S/C20H21N3O3/c1-14-4-2-3-5-16(14)13-23-17-12-15(6-7-18(17)26-20(23)25)19(24)22-10-8-21-9-11-22/h2-7,12,21H,8-11,13H2,1H3. The third-order valence-corrected chi connectivity index (χ3v) is 4.91. The number of carbonyl (C=O) groups excluding carboxylic acids is 1. The Morgan fingerprint density at radius 2 is 1.92 bits per heavy atom. The number of carbonyl (C=O) groups is 1. The van der Waals surface area contributed by atoms with Crippen LogP contribution >= 0.6 is 0 Å². The van der Waals surface area contributed by atoms with Crippen LogP contribution in [0.4, 0.5) is 0 Å². The molecule has 2 aromatic carbocycles. The van der Waals surface area contributed by atoms with Gasteiger partial charge in [0.2, 0.25) is 0 Å². The predicted molar refractivity (Wildman–Crippen MR) is 99.5 cm³/mol. The topological polar surface area (TPSA) is 67.5 Å². The molecule has 1 aliphatic heterocycles. The van der Waals surface area contributed by atoms with Crippen molar-refractivity contribution in [2.75, 3.05) is 26.2 Å². The minimum atomic E-state index is -0.407. The van der Waals surface area contributed by atoms with E-state index >= 15 is 0 Å². The van der Waals surface area contributed by atoms with Gasteiger partial charge in [0.1, 0.15) is 0 Å². The minimum absolute atomic E-state index is 0.00973. The van der Waals surface area contributed by atoms with Crippen LogP contribution in [0, 0.1) is 6.92 Å². The van der Waals surface area contributed by atoms with Crippen LogP contribution in [0.15, 0.2) is 51.7 Å². The van der Waals surface area contributed by atoms with Crippen molar-refractivity contribution < 1.29 is 9.21 Å². The van der Waals surface area contributed by atoms with E-state index in [1.165, 1.54) is 0 Å². The molecule has 4 rings (SSSR count). The molecule has 1 saturated heterocycles. The Morgan fingerprint density at radius 1 is 1.15 bits per heavy atom. The molecule has 1 aliphatic rings.